The number of fused-ring (bicyclic) bond motifs is 2. The minimum atomic E-state index is -0.781. The van der Waals surface area contributed by atoms with Crippen LogP contribution < -0.4 is 14.4 Å². The smallest absolute Gasteiger partial charge is 0.301 e. The number of nitrogens with zero attached hydrogens (tertiary/aromatic N) is 2. The first-order valence-corrected chi connectivity index (χ1v) is 13.1. The summed E-state index contributed by atoms with van der Waals surface area (Å²) in [6.07, 6.45) is 0.767. The minimum absolute atomic E-state index is 0.0513. The van der Waals surface area contributed by atoms with E-state index in [-0.39, 0.29) is 17.4 Å². The Labute approximate surface area is 215 Å². The van der Waals surface area contributed by atoms with Crippen LogP contribution in [-0.4, -0.2) is 35.0 Å². The molecule has 36 heavy (non-hydrogen) atoms. The fourth-order valence-corrected chi connectivity index (χ4v) is 6.67. The maximum absolute atomic E-state index is 13.4. The van der Waals surface area contributed by atoms with Crippen molar-refractivity contribution < 1.29 is 24.2 Å². The van der Waals surface area contributed by atoms with Crippen molar-refractivity contribution in [3.8, 4) is 11.5 Å². The number of Topliss-reactive ketones (excluding diaryl/α,β-unsaturated/α-hetero) is 1. The van der Waals surface area contributed by atoms with Crippen molar-refractivity contribution in [3.63, 3.8) is 0 Å². The van der Waals surface area contributed by atoms with Gasteiger partial charge in [-0.05, 0) is 66.8 Å². The third-order valence-electron chi connectivity index (χ3n) is 6.53. The highest BCUT2D eigenvalue weighted by atomic mass is 32.1. The number of amides is 1. The van der Waals surface area contributed by atoms with Gasteiger partial charge in [-0.2, -0.15) is 0 Å². The summed E-state index contributed by atoms with van der Waals surface area (Å²) in [5.74, 6) is -0.144. The molecule has 9 heteroatoms. The zero-order valence-corrected chi connectivity index (χ0v) is 21.4. The molecule has 1 amide bonds. The van der Waals surface area contributed by atoms with Crippen molar-refractivity contribution in [1.82, 2.24) is 4.98 Å². The highest BCUT2D eigenvalue weighted by Crippen LogP contribution is 2.46. The standard InChI is InChI=1S/C27H22N2O5S2/c1-13-9-17-21(12-19(13)33-3)36-27(28-17)29-23(20-5-4-8-35-20)22(25(31)26(29)32)24(30)15-6-7-18-16(11-15)10-14(2)34-18/h4-9,11-12,14,23,30H,10H2,1-3H3/b24-22+. The Morgan fingerprint density at radius 1 is 1.22 bits per heavy atom. The molecule has 7 nitrogen and oxygen atoms in total. The van der Waals surface area contributed by atoms with E-state index < -0.39 is 17.7 Å². The van der Waals surface area contributed by atoms with Gasteiger partial charge in [-0.3, -0.25) is 14.5 Å². The second-order valence-electron chi connectivity index (χ2n) is 8.93. The highest BCUT2D eigenvalue weighted by Gasteiger charge is 2.48. The number of aromatic nitrogens is 1. The number of carbonyl (C=O) groups excluding carboxylic acids is 2. The molecule has 1 saturated heterocycles. The van der Waals surface area contributed by atoms with Crippen molar-refractivity contribution in [2.75, 3.05) is 12.0 Å². The topological polar surface area (TPSA) is 89.0 Å². The van der Waals surface area contributed by atoms with E-state index >= 15 is 0 Å². The van der Waals surface area contributed by atoms with Gasteiger partial charge >= 0.3 is 5.91 Å². The fourth-order valence-electron chi connectivity index (χ4n) is 4.84. The number of benzene rings is 2. The number of aryl methyl sites for hydroxylation is 1. The zero-order valence-electron chi connectivity index (χ0n) is 19.8. The van der Waals surface area contributed by atoms with Gasteiger partial charge in [0.15, 0.2) is 5.13 Å². The average molecular weight is 519 g/mol. The molecule has 2 aliphatic rings. The van der Waals surface area contributed by atoms with E-state index in [9.17, 15) is 14.7 Å². The molecule has 0 radical (unpaired) electrons. The Balaban J connectivity index is 1.51. The molecule has 182 valence electrons. The lowest BCUT2D eigenvalue weighted by Gasteiger charge is -2.21. The summed E-state index contributed by atoms with van der Waals surface area (Å²) in [5.41, 5.74) is 3.14. The van der Waals surface area contributed by atoms with Crippen LogP contribution in [0.3, 0.4) is 0 Å². The highest BCUT2D eigenvalue weighted by molar-refractivity contribution is 7.22. The first-order chi connectivity index (χ1) is 17.4. The largest absolute Gasteiger partial charge is 0.507 e. The van der Waals surface area contributed by atoms with Crippen LogP contribution in [0.4, 0.5) is 5.13 Å². The van der Waals surface area contributed by atoms with Gasteiger partial charge in [0.05, 0.1) is 22.9 Å². The quantitative estimate of drug-likeness (QED) is 0.214. The number of carbonyl (C=O) groups is 2. The summed E-state index contributed by atoms with van der Waals surface area (Å²) >= 11 is 2.73. The lowest BCUT2D eigenvalue weighted by molar-refractivity contribution is -0.132. The van der Waals surface area contributed by atoms with E-state index in [0.29, 0.717) is 22.6 Å². The molecule has 2 aromatic heterocycles. The maximum Gasteiger partial charge on any atom is 0.301 e. The second kappa shape index (κ2) is 8.46. The number of rotatable bonds is 4. The number of hydrogen-bond donors (Lipinski definition) is 1. The van der Waals surface area contributed by atoms with Crippen LogP contribution in [0, 0.1) is 6.92 Å². The van der Waals surface area contributed by atoms with Gasteiger partial charge in [0.25, 0.3) is 5.78 Å². The molecule has 1 fully saturated rings. The number of ether oxygens (including phenoxy) is 2. The van der Waals surface area contributed by atoms with Gasteiger partial charge in [-0.15, -0.1) is 11.3 Å². The van der Waals surface area contributed by atoms with Crippen molar-refractivity contribution in [2.45, 2.75) is 32.4 Å². The van der Waals surface area contributed by atoms with Gasteiger partial charge in [0, 0.05) is 16.9 Å². The molecule has 2 atom stereocenters. The number of hydrogen-bond acceptors (Lipinski definition) is 8. The van der Waals surface area contributed by atoms with Gasteiger partial charge in [-0.25, -0.2) is 4.98 Å². The molecular weight excluding hydrogens is 496 g/mol. The maximum atomic E-state index is 13.4. The summed E-state index contributed by atoms with van der Waals surface area (Å²) in [5, 5.41) is 13.7. The van der Waals surface area contributed by atoms with E-state index in [2.05, 4.69) is 0 Å². The Hall–Kier alpha value is -3.69. The van der Waals surface area contributed by atoms with Gasteiger partial charge in [0.1, 0.15) is 29.4 Å². The molecular formula is C27H22N2O5S2. The number of aliphatic hydroxyl groups is 1. The summed E-state index contributed by atoms with van der Waals surface area (Å²) in [6.45, 7) is 3.91. The molecule has 0 saturated carbocycles. The molecule has 1 N–H and O–H groups in total. The molecule has 0 aliphatic carbocycles. The van der Waals surface area contributed by atoms with E-state index in [1.165, 1.54) is 27.6 Å². The summed E-state index contributed by atoms with van der Waals surface area (Å²) in [7, 11) is 1.61. The predicted molar refractivity (Wildman–Crippen MR) is 140 cm³/mol. The number of ketones is 1. The molecule has 4 heterocycles. The Morgan fingerprint density at radius 2 is 2.06 bits per heavy atom. The third-order valence-corrected chi connectivity index (χ3v) is 8.47. The molecule has 2 unspecified atom stereocenters. The molecule has 0 bridgehead atoms. The van der Waals surface area contributed by atoms with Crippen LogP contribution in [0.5, 0.6) is 11.5 Å². The first-order valence-electron chi connectivity index (χ1n) is 11.4. The first kappa shape index (κ1) is 22.8. The van der Waals surface area contributed by atoms with Crippen molar-refractivity contribution >= 4 is 55.5 Å². The number of aliphatic hydroxyl groups excluding tert-OH is 1. The molecule has 2 aromatic carbocycles. The fraction of sp³-hybridized carbons (Fsp3) is 0.222. The van der Waals surface area contributed by atoms with Crippen molar-refractivity contribution in [3.05, 3.63) is 75.0 Å². The van der Waals surface area contributed by atoms with E-state index in [4.69, 9.17) is 14.5 Å². The Bertz CT molecular complexity index is 1570. The van der Waals surface area contributed by atoms with Crippen molar-refractivity contribution in [1.29, 1.82) is 0 Å². The third kappa shape index (κ3) is 3.50. The summed E-state index contributed by atoms with van der Waals surface area (Å²) in [6, 6.07) is 12.1. The Morgan fingerprint density at radius 3 is 2.81 bits per heavy atom. The van der Waals surface area contributed by atoms with Crippen LogP contribution in [0.2, 0.25) is 0 Å². The summed E-state index contributed by atoms with van der Waals surface area (Å²) < 4.78 is 12.1. The monoisotopic (exact) mass is 518 g/mol. The molecule has 4 aromatic rings. The minimum Gasteiger partial charge on any atom is -0.507 e. The number of thiophene rings is 1. The van der Waals surface area contributed by atoms with E-state index in [0.717, 1.165) is 32.2 Å². The lowest BCUT2D eigenvalue weighted by atomic mass is 9.98. The predicted octanol–water partition coefficient (Wildman–Crippen LogP) is 5.62. The lowest BCUT2D eigenvalue weighted by Crippen LogP contribution is -2.28. The van der Waals surface area contributed by atoms with Crippen LogP contribution in [0.1, 0.15) is 34.5 Å². The van der Waals surface area contributed by atoms with Crippen molar-refractivity contribution in [2.24, 2.45) is 0 Å². The molecule has 6 rings (SSSR count). The Kier molecular flexibility index (Phi) is 5.35. The number of thiazole rings is 1. The van der Waals surface area contributed by atoms with E-state index in [1.54, 1.807) is 19.2 Å². The molecule has 2 aliphatic heterocycles. The zero-order chi connectivity index (χ0) is 25.1. The van der Waals surface area contributed by atoms with Gasteiger partial charge in [0.2, 0.25) is 0 Å². The van der Waals surface area contributed by atoms with E-state index in [1.807, 2.05) is 49.6 Å². The average Bonchev–Trinajstić information content (AvgIpc) is 3.63. The van der Waals surface area contributed by atoms with Gasteiger partial charge in [-0.1, -0.05) is 17.4 Å². The van der Waals surface area contributed by atoms with Gasteiger partial charge < -0.3 is 14.6 Å². The van der Waals surface area contributed by atoms with Crippen LogP contribution in [-0.2, 0) is 16.0 Å². The summed E-state index contributed by atoms with van der Waals surface area (Å²) in [4.78, 5) is 33.7. The normalized spacial score (nSPS) is 20.7. The van der Waals surface area contributed by atoms with Crippen LogP contribution >= 0.6 is 22.7 Å². The van der Waals surface area contributed by atoms with Crippen LogP contribution in [0.25, 0.3) is 16.0 Å². The SMILES string of the molecule is COc1cc2sc(N3C(=O)C(=O)/C(=C(/O)c4ccc5c(c4)CC(C)O5)C3c3cccs3)nc2cc1C. The number of anilines is 1. The van der Waals surface area contributed by atoms with Crippen LogP contribution in [0.15, 0.2) is 53.4 Å². The molecule has 0 spiro atoms. The number of methoxy groups -OCH3 is 1. The second-order valence-corrected chi connectivity index (χ2v) is 10.9.